The Morgan fingerprint density at radius 3 is 2.65 bits per heavy atom. The minimum atomic E-state index is 0.0277. The first-order valence-electron chi connectivity index (χ1n) is 9.20. The molecular formula is C20H25N5O. The normalized spacial score (nSPS) is 16.4. The Balaban J connectivity index is 1.51. The summed E-state index contributed by atoms with van der Waals surface area (Å²) in [6, 6.07) is 6.31. The van der Waals surface area contributed by atoms with Crippen LogP contribution in [0.2, 0.25) is 0 Å². The Morgan fingerprint density at radius 1 is 1.19 bits per heavy atom. The summed E-state index contributed by atoms with van der Waals surface area (Å²) in [6.45, 7) is 6.78. The van der Waals surface area contributed by atoms with Crippen molar-refractivity contribution in [1.82, 2.24) is 24.6 Å². The van der Waals surface area contributed by atoms with Crippen molar-refractivity contribution in [2.24, 2.45) is 7.05 Å². The summed E-state index contributed by atoms with van der Waals surface area (Å²) in [5.41, 5.74) is 4.16. The number of nitrogens with zero attached hydrogens (tertiary/aromatic N) is 4. The van der Waals surface area contributed by atoms with E-state index in [1.54, 1.807) is 6.33 Å². The molecule has 0 bridgehead atoms. The van der Waals surface area contributed by atoms with Crippen molar-refractivity contribution in [3.05, 3.63) is 57.4 Å². The largest absolute Gasteiger partial charge is 0.321 e. The molecule has 1 aromatic carbocycles. The number of aromatic nitrogens is 4. The average Bonchev–Trinajstić information content (AvgIpc) is 3.03. The van der Waals surface area contributed by atoms with Crippen molar-refractivity contribution in [2.75, 3.05) is 13.1 Å². The van der Waals surface area contributed by atoms with E-state index in [-0.39, 0.29) is 5.56 Å². The van der Waals surface area contributed by atoms with E-state index in [4.69, 9.17) is 0 Å². The second-order valence-electron chi connectivity index (χ2n) is 7.52. The van der Waals surface area contributed by atoms with Gasteiger partial charge in [-0.25, -0.2) is 0 Å². The van der Waals surface area contributed by atoms with Crippen LogP contribution in [0.15, 0.2) is 29.3 Å². The van der Waals surface area contributed by atoms with Gasteiger partial charge < -0.3 is 9.55 Å². The van der Waals surface area contributed by atoms with E-state index < -0.39 is 0 Å². The molecule has 1 saturated heterocycles. The zero-order valence-electron chi connectivity index (χ0n) is 15.6. The molecule has 3 heterocycles. The lowest BCUT2D eigenvalue weighted by atomic mass is 9.95. The maximum atomic E-state index is 12.5. The minimum Gasteiger partial charge on any atom is -0.321 e. The van der Waals surface area contributed by atoms with Crippen LogP contribution in [-0.2, 0) is 13.6 Å². The maximum Gasteiger partial charge on any atom is 0.252 e. The molecule has 0 spiro atoms. The van der Waals surface area contributed by atoms with Crippen LogP contribution in [0.5, 0.6) is 0 Å². The SMILES string of the molecule is Cc1cc(C)c2[nH]c(=O)c(CN3CCC(c4nncn4C)CC3)cc2c1. The number of hydrogen-bond donors (Lipinski definition) is 1. The number of likely N-dealkylation sites (tertiary alicyclic amines) is 1. The number of fused-ring (bicyclic) bond motifs is 1. The fourth-order valence-electron chi connectivity index (χ4n) is 4.10. The molecule has 4 rings (SSSR count). The Hall–Kier alpha value is -2.47. The maximum absolute atomic E-state index is 12.5. The third-order valence-electron chi connectivity index (χ3n) is 5.46. The molecule has 6 nitrogen and oxygen atoms in total. The molecule has 136 valence electrons. The molecule has 26 heavy (non-hydrogen) atoms. The summed E-state index contributed by atoms with van der Waals surface area (Å²) in [6.07, 6.45) is 3.87. The van der Waals surface area contributed by atoms with Crippen LogP contribution in [0.4, 0.5) is 0 Å². The standard InChI is InChI=1S/C20H25N5O/c1-13-8-14(2)18-16(9-13)10-17(20(26)22-18)11-25-6-4-15(5-7-25)19-23-21-12-24(19)3/h8-10,12,15H,4-7,11H2,1-3H3,(H,22,26). The predicted octanol–water partition coefficient (Wildman–Crippen LogP) is 2.65. The van der Waals surface area contributed by atoms with Crippen LogP contribution < -0.4 is 5.56 Å². The molecule has 0 saturated carbocycles. The quantitative estimate of drug-likeness (QED) is 0.788. The molecule has 6 heteroatoms. The van der Waals surface area contributed by atoms with Crippen LogP contribution in [0, 0.1) is 13.8 Å². The lowest BCUT2D eigenvalue weighted by Gasteiger charge is -2.31. The topological polar surface area (TPSA) is 66.8 Å². The Kier molecular flexibility index (Phi) is 4.36. The summed E-state index contributed by atoms with van der Waals surface area (Å²) in [5.74, 6) is 1.53. The van der Waals surface area contributed by atoms with Gasteiger partial charge in [0.2, 0.25) is 0 Å². The van der Waals surface area contributed by atoms with Crippen LogP contribution in [0.3, 0.4) is 0 Å². The summed E-state index contributed by atoms with van der Waals surface area (Å²) in [5, 5.41) is 9.36. The fraction of sp³-hybridized carbons (Fsp3) is 0.450. The van der Waals surface area contributed by atoms with Crippen molar-refractivity contribution in [2.45, 2.75) is 39.2 Å². The molecule has 3 aromatic rings. The van der Waals surface area contributed by atoms with E-state index in [0.717, 1.165) is 53.8 Å². The molecule has 1 fully saturated rings. The van der Waals surface area contributed by atoms with Gasteiger partial charge in [-0.05, 0) is 62.9 Å². The lowest BCUT2D eigenvalue weighted by Crippen LogP contribution is -2.34. The number of aromatic amines is 1. The van der Waals surface area contributed by atoms with Crippen molar-refractivity contribution in [3.63, 3.8) is 0 Å². The highest BCUT2D eigenvalue weighted by Crippen LogP contribution is 2.27. The molecule has 1 aliphatic rings. The van der Waals surface area contributed by atoms with E-state index in [9.17, 15) is 4.79 Å². The molecular weight excluding hydrogens is 326 g/mol. The third kappa shape index (κ3) is 3.17. The van der Waals surface area contributed by atoms with Crippen LogP contribution in [0.1, 0.15) is 41.3 Å². The monoisotopic (exact) mass is 351 g/mol. The molecule has 0 unspecified atom stereocenters. The molecule has 2 aromatic heterocycles. The third-order valence-corrected chi connectivity index (χ3v) is 5.46. The average molecular weight is 351 g/mol. The fourth-order valence-corrected chi connectivity index (χ4v) is 4.10. The Morgan fingerprint density at radius 2 is 1.96 bits per heavy atom. The van der Waals surface area contributed by atoms with Crippen LogP contribution >= 0.6 is 0 Å². The van der Waals surface area contributed by atoms with Gasteiger partial charge in [0, 0.05) is 25.1 Å². The number of aryl methyl sites for hydroxylation is 3. The second kappa shape index (κ2) is 6.68. The number of pyridine rings is 1. The Labute approximate surface area is 152 Å². The molecule has 0 radical (unpaired) electrons. The van der Waals surface area contributed by atoms with Gasteiger partial charge in [0.25, 0.3) is 5.56 Å². The number of piperidine rings is 1. The molecule has 1 aliphatic heterocycles. The predicted molar refractivity (Wildman–Crippen MR) is 102 cm³/mol. The van der Waals surface area contributed by atoms with Crippen LogP contribution in [-0.4, -0.2) is 37.7 Å². The summed E-state index contributed by atoms with van der Waals surface area (Å²) in [4.78, 5) is 18.0. The number of hydrogen-bond acceptors (Lipinski definition) is 4. The highest BCUT2D eigenvalue weighted by Gasteiger charge is 2.24. The second-order valence-corrected chi connectivity index (χ2v) is 7.52. The summed E-state index contributed by atoms with van der Waals surface area (Å²) in [7, 11) is 2.00. The van der Waals surface area contributed by atoms with E-state index in [0.29, 0.717) is 12.5 Å². The Bertz CT molecular complexity index is 995. The van der Waals surface area contributed by atoms with Gasteiger partial charge in [-0.3, -0.25) is 9.69 Å². The van der Waals surface area contributed by atoms with Crippen molar-refractivity contribution < 1.29 is 0 Å². The summed E-state index contributed by atoms with van der Waals surface area (Å²) < 4.78 is 2.01. The smallest absolute Gasteiger partial charge is 0.252 e. The molecule has 0 amide bonds. The van der Waals surface area contributed by atoms with Crippen molar-refractivity contribution in [1.29, 1.82) is 0 Å². The van der Waals surface area contributed by atoms with Gasteiger partial charge in [0.1, 0.15) is 12.2 Å². The number of H-pyrrole nitrogens is 1. The lowest BCUT2D eigenvalue weighted by molar-refractivity contribution is 0.200. The van der Waals surface area contributed by atoms with Gasteiger partial charge in [0.05, 0.1) is 5.52 Å². The van der Waals surface area contributed by atoms with Gasteiger partial charge in [-0.15, -0.1) is 10.2 Å². The van der Waals surface area contributed by atoms with Crippen molar-refractivity contribution in [3.8, 4) is 0 Å². The van der Waals surface area contributed by atoms with E-state index >= 15 is 0 Å². The zero-order valence-corrected chi connectivity index (χ0v) is 15.6. The molecule has 0 aliphatic carbocycles. The van der Waals surface area contributed by atoms with Gasteiger partial charge in [-0.2, -0.15) is 0 Å². The highest BCUT2D eigenvalue weighted by atomic mass is 16.1. The first-order chi connectivity index (χ1) is 12.5. The van der Waals surface area contributed by atoms with E-state index in [2.05, 4.69) is 45.2 Å². The van der Waals surface area contributed by atoms with Gasteiger partial charge >= 0.3 is 0 Å². The van der Waals surface area contributed by atoms with E-state index in [1.807, 2.05) is 18.5 Å². The first kappa shape index (κ1) is 17.0. The number of benzene rings is 1. The number of nitrogens with one attached hydrogen (secondary N) is 1. The van der Waals surface area contributed by atoms with E-state index in [1.165, 1.54) is 5.56 Å². The molecule has 0 atom stereocenters. The summed E-state index contributed by atoms with van der Waals surface area (Å²) >= 11 is 0. The minimum absolute atomic E-state index is 0.0277. The zero-order chi connectivity index (χ0) is 18.3. The number of rotatable bonds is 3. The van der Waals surface area contributed by atoms with Gasteiger partial charge in [-0.1, -0.05) is 11.6 Å². The highest BCUT2D eigenvalue weighted by molar-refractivity contribution is 5.82. The first-order valence-corrected chi connectivity index (χ1v) is 9.20. The van der Waals surface area contributed by atoms with Crippen molar-refractivity contribution >= 4 is 10.9 Å². The molecule has 1 N–H and O–H groups in total. The van der Waals surface area contributed by atoms with Gasteiger partial charge in [0.15, 0.2) is 0 Å². The van der Waals surface area contributed by atoms with Crippen LogP contribution in [0.25, 0.3) is 10.9 Å².